The Labute approximate surface area is 118 Å². The fourth-order valence-electron chi connectivity index (χ4n) is 2.05. The largest absolute Gasteiger partial charge is 0.388 e. The molecule has 2 rings (SSSR count). The number of aromatic nitrogens is 3. The van der Waals surface area contributed by atoms with Crippen molar-refractivity contribution >= 4 is 0 Å². The minimum absolute atomic E-state index is 0.301. The molecule has 0 spiro atoms. The Balaban J connectivity index is 2.13. The van der Waals surface area contributed by atoms with Crippen molar-refractivity contribution in [3.8, 4) is 0 Å². The minimum Gasteiger partial charge on any atom is -0.388 e. The molecule has 0 amide bonds. The van der Waals surface area contributed by atoms with Gasteiger partial charge in [-0.3, -0.25) is 0 Å². The van der Waals surface area contributed by atoms with Crippen molar-refractivity contribution in [1.29, 1.82) is 0 Å². The van der Waals surface area contributed by atoms with Crippen LogP contribution in [0.3, 0.4) is 0 Å². The second-order valence-corrected chi connectivity index (χ2v) is 5.48. The number of benzene rings is 1. The topological polar surface area (TPSA) is 50.9 Å². The molecule has 1 aromatic heterocycles. The van der Waals surface area contributed by atoms with Gasteiger partial charge in [0.15, 0.2) is 0 Å². The third-order valence-corrected chi connectivity index (χ3v) is 3.19. The monoisotopic (exact) mass is 277 g/mol. The summed E-state index contributed by atoms with van der Waals surface area (Å²) in [5.74, 6) is 0.863. The summed E-state index contributed by atoms with van der Waals surface area (Å²) in [5, 5.41) is 14.4. The Bertz CT molecular complexity index is 580. The van der Waals surface area contributed by atoms with Crippen LogP contribution in [0.15, 0.2) is 24.5 Å². The zero-order chi connectivity index (χ0) is 14.7. The molecule has 0 radical (unpaired) electrons. The molecule has 0 saturated carbocycles. The number of halogens is 1. The van der Waals surface area contributed by atoms with Gasteiger partial charge in [0.25, 0.3) is 0 Å². The van der Waals surface area contributed by atoms with E-state index in [0.717, 1.165) is 6.54 Å². The van der Waals surface area contributed by atoms with E-state index >= 15 is 0 Å². The molecule has 0 aliphatic carbocycles. The lowest BCUT2D eigenvalue weighted by molar-refractivity contribution is 0.173. The van der Waals surface area contributed by atoms with Gasteiger partial charge < -0.3 is 5.11 Å². The first-order chi connectivity index (χ1) is 9.47. The lowest BCUT2D eigenvalue weighted by Crippen LogP contribution is -2.13. The van der Waals surface area contributed by atoms with E-state index in [1.165, 1.54) is 12.4 Å². The maximum absolute atomic E-state index is 13.5. The first kappa shape index (κ1) is 14.7. The summed E-state index contributed by atoms with van der Waals surface area (Å²) in [4.78, 5) is 4.17. The maximum atomic E-state index is 13.5. The molecule has 4 nitrogen and oxygen atoms in total. The van der Waals surface area contributed by atoms with Crippen molar-refractivity contribution < 1.29 is 9.50 Å². The van der Waals surface area contributed by atoms with Crippen LogP contribution in [0.25, 0.3) is 0 Å². The number of hydrogen-bond acceptors (Lipinski definition) is 3. The molecule has 20 heavy (non-hydrogen) atoms. The lowest BCUT2D eigenvalue weighted by Gasteiger charge is -2.13. The van der Waals surface area contributed by atoms with Crippen molar-refractivity contribution in [1.82, 2.24) is 14.8 Å². The summed E-state index contributed by atoms with van der Waals surface area (Å²) in [6.45, 7) is 6.64. The van der Waals surface area contributed by atoms with Gasteiger partial charge in [-0.15, -0.1) is 0 Å². The first-order valence-corrected chi connectivity index (χ1v) is 6.78. The number of rotatable bonds is 5. The summed E-state index contributed by atoms with van der Waals surface area (Å²) in [5.41, 5.74) is 1.14. The average Bonchev–Trinajstić information content (AvgIpc) is 2.79. The number of aryl methyl sites for hydroxylation is 1. The normalized spacial score (nSPS) is 12.9. The molecule has 0 aliphatic heterocycles. The molecule has 0 fully saturated rings. The van der Waals surface area contributed by atoms with Crippen molar-refractivity contribution in [2.24, 2.45) is 5.92 Å². The van der Waals surface area contributed by atoms with Gasteiger partial charge in [0.05, 0.1) is 6.10 Å². The Kier molecular flexibility index (Phi) is 4.49. The summed E-state index contributed by atoms with van der Waals surface area (Å²) in [7, 11) is 0. The van der Waals surface area contributed by atoms with Gasteiger partial charge in [-0.25, -0.2) is 14.1 Å². The van der Waals surface area contributed by atoms with Crippen LogP contribution in [0.5, 0.6) is 0 Å². The summed E-state index contributed by atoms with van der Waals surface area (Å²) in [6.07, 6.45) is 1.04. The average molecular weight is 277 g/mol. The van der Waals surface area contributed by atoms with Crippen LogP contribution in [0, 0.1) is 18.7 Å². The van der Waals surface area contributed by atoms with Crippen molar-refractivity contribution in [3.63, 3.8) is 0 Å². The Morgan fingerprint density at radius 3 is 2.75 bits per heavy atom. The van der Waals surface area contributed by atoms with Crippen LogP contribution in [-0.2, 0) is 13.0 Å². The van der Waals surface area contributed by atoms with Crippen molar-refractivity contribution in [3.05, 3.63) is 47.3 Å². The smallest absolute Gasteiger partial charge is 0.138 e. The highest BCUT2D eigenvalue weighted by atomic mass is 19.1. The van der Waals surface area contributed by atoms with Crippen LogP contribution in [0.2, 0.25) is 0 Å². The molecule has 2 aromatic rings. The molecule has 1 heterocycles. The fraction of sp³-hybridized carbons (Fsp3) is 0.467. The third-order valence-electron chi connectivity index (χ3n) is 3.19. The number of aliphatic hydroxyl groups excluding tert-OH is 1. The zero-order valence-electron chi connectivity index (χ0n) is 12.0. The van der Waals surface area contributed by atoms with E-state index in [-0.39, 0.29) is 5.82 Å². The van der Waals surface area contributed by atoms with Gasteiger partial charge in [0.2, 0.25) is 0 Å². The van der Waals surface area contributed by atoms with Crippen LogP contribution in [0.4, 0.5) is 4.39 Å². The fourth-order valence-corrected chi connectivity index (χ4v) is 2.05. The zero-order valence-corrected chi connectivity index (χ0v) is 12.0. The molecule has 0 bridgehead atoms. The minimum atomic E-state index is -0.778. The summed E-state index contributed by atoms with van der Waals surface area (Å²) >= 11 is 0. The van der Waals surface area contributed by atoms with Crippen LogP contribution >= 0.6 is 0 Å². The maximum Gasteiger partial charge on any atom is 0.138 e. The molecule has 1 N–H and O–H groups in total. The molecule has 1 aromatic carbocycles. The Morgan fingerprint density at radius 2 is 2.10 bits per heavy atom. The number of hydrogen-bond donors (Lipinski definition) is 1. The van der Waals surface area contributed by atoms with E-state index in [4.69, 9.17) is 0 Å². The van der Waals surface area contributed by atoms with Crippen molar-refractivity contribution in [2.45, 2.75) is 39.8 Å². The third kappa shape index (κ3) is 3.42. The van der Waals surface area contributed by atoms with E-state index < -0.39 is 6.10 Å². The molecular weight excluding hydrogens is 257 g/mol. The predicted molar refractivity (Wildman–Crippen MR) is 74.7 cm³/mol. The first-order valence-electron chi connectivity index (χ1n) is 6.78. The molecule has 5 heteroatoms. The Morgan fingerprint density at radius 1 is 1.35 bits per heavy atom. The van der Waals surface area contributed by atoms with Gasteiger partial charge >= 0.3 is 0 Å². The van der Waals surface area contributed by atoms with E-state index in [9.17, 15) is 9.50 Å². The van der Waals surface area contributed by atoms with E-state index in [1.807, 2.05) is 0 Å². The van der Waals surface area contributed by atoms with Gasteiger partial charge in [-0.2, -0.15) is 5.10 Å². The number of nitrogens with zero attached hydrogens (tertiary/aromatic N) is 3. The highest BCUT2D eigenvalue weighted by molar-refractivity contribution is 5.25. The van der Waals surface area contributed by atoms with E-state index in [0.29, 0.717) is 29.3 Å². The van der Waals surface area contributed by atoms with Crippen LogP contribution < -0.4 is 0 Å². The summed E-state index contributed by atoms with van der Waals surface area (Å²) in [6, 6.07) is 4.79. The molecule has 1 unspecified atom stereocenters. The number of aliphatic hydroxyl groups is 1. The molecule has 1 atom stereocenters. The predicted octanol–water partition coefficient (Wildman–Crippen LogP) is 2.66. The van der Waals surface area contributed by atoms with Crippen LogP contribution in [0.1, 0.15) is 36.9 Å². The molecule has 0 aliphatic rings. The van der Waals surface area contributed by atoms with Gasteiger partial charge in [0.1, 0.15) is 18.0 Å². The highest BCUT2D eigenvalue weighted by Gasteiger charge is 2.15. The van der Waals surface area contributed by atoms with Gasteiger partial charge in [-0.05, 0) is 30.0 Å². The summed E-state index contributed by atoms with van der Waals surface area (Å²) < 4.78 is 15.3. The van der Waals surface area contributed by atoms with Crippen molar-refractivity contribution in [2.75, 3.05) is 0 Å². The van der Waals surface area contributed by atoms with Gasteiger partial charge in [0, 0.05) is 13.0 Å². The molecule has 108 valence electrons. The standard InChI is InChI=1S/C15H20FN3O/c1-10(2)8-19-15(17-9-18-19)7-14(20)12-5-4-11(3)13(16)6-12/h4-6,9-10,14,20H,7-8H2,1-3H3. The second-order valence-electron chi connectivity index (χ2n) is 5.48. The Hall–Kier alpha value is -1.75. The highest BCUT2D eigenvalue weighted by Crippen LogP contribution is 2.20. The van der Waals surface area contributed by atoms with E-state index in [1.54, 1.807) is 23.7 Å². The van der Waals surface area contributed by atoms with E-state index in [2.05, 4.69) is 23.9 Å². The van der Waals surface area contributed by atoms with Gasteiger partial charge in [-0.1, -0.05) is 26.0 Å². The SMILES string of the molecule is Cc1ccc(C(O)Cc2ncnn2CC(C)C)cc1F. The molecule has 0 saturated heterocycles. The second kappa shape index (κ2) is 6.13. The molecular formula is C15H20FN3O. The van der Waals surface area contributed by atoms with Crippen LogP contribution in [-0.4, -0.2) is 19.9 Å². The quantitative estimate of drug-likeness (QED) is 0.914. The lowest BCUT2D eigenvalue weighted by atomic mass is 10.0.